The van der Waals surface area contributed by atoms with Crippen LogP contribution in [0.2, 0.25) is 0 Å². The third-order valence-electron chi connectivity index (χ3n) is 5.83. The van der Waals surface area contributed by atoms with Gasteiger partial charge in [-0.05, 0) is 24.3 Å². The summed E-state index contributed by atoms with van der Waals surface area (Å²) >= 11 is 0. The molecule has 0 atom stereocenters. The van der Waals surface area contributed by atoms with E-state index in [1.807, 2.05) is 11.7 Å². The van der Waals surface area contributed by atoms with Crippen molar-refractivity contribution in [2.24, 2.45) is 7.05 Å². The van der Waals surface area contributed by atoms with Gasteiger partial charge in [0.25, 0.3) is 5.91 Å². The molecule has 1 amide bonds. The number of pyridine rings is 1. The lowest BCUT2D eigenvalue weighted by Crippen LogP contribution is -2.26. The summed E-state index contributed by atoms with van der Waals surface area (Å²) in [5, 5.41) is 10.4. The lowest BCUT2D eigenvalue weighted by molar-refractivity contribution is 0.0704. The molecule has 34 heavy (non-hydrogen) atoms. The second kappa shape index (κ2) is 9.18. The van der Waals surface area contributed by atoms with Crippen molar-refractivity contribution in [1.29, 1.82) is 0 Å². The highest BCUT2D eigenvalue weighted by Gasteiger charge is 2.21. The second-order valence-electron chi connectivity index (χ2n) is 7.90. The number of fused-ring (bicyclic) bond motifs is 2. The van der Waals surface area contributed by atoms with Gasteiger partial charge in [0.2, 0.25) is 0 Å². The van der Waals surface area contributed by atoms with Crippen molar-refractivity contribution in [3.63, 3.8) is 0 Å². The predicted molar refractivity (Wildman–Crippen MR) is 120 cm³/mol. The Morgan fingerprint density at radius 1 is 1.21 bits per heavy atom. The van der Waals surface area contributed by atoms with Gasteiger partial charge in [-0.1, -0.05) is 12.1 Å². The molecule has 5 rings (SSSR count). The Labute approximate surface area is 193 Å². The predicted octanol–water partition coefficient (Wildman–Crippen LogP) is 3.17. The minimum Gasteiger partial charge on any atom is -0.376 e. The maximum Gasteiger partial charge on any atom is 0.320 e. The van der Waals surface area contributed by atoms with E-state index in [0.717, 1.165) is 27.9 Å². The van der Waals surface area contributed by atoms with Crippen molar-refractivity contribution in [3.05, 3.63) is 70.9 Å². The molecule has 0 aliphatic carbocycles. The van der Waals surface area contributed by atoms with Gasteiger partial charge in [0.05, 0.1) is 48.6 Å². The van der Waals surface area contributed by atoms with E-state index in [-0.39, 0.29) is 12.4 Å². The number of carbonyl (C=O) groups is 1. The van der Waals surface area contributed by atoms with Crippen LogP contribution in [0, 0.1) is 0 Å². The normalized spacial score (nSPS) is 13.3. The lowest BCUT2D eigenvalue weighted by atomic mass is 10.1. The van der Waals surface area contributed by atoms with E-state index in [4.69, 9.17) is 4.74 Å². The number of rotatable bonds is 7. The molecule has 2 N–H and O–H groups in total. The first-order valence-corrected chi connectivity index (χ1v) is 10.9. The summed E-state index contributed by atoms with van der Waals surface area (Å²) in [5.74, 6) is -0.00332. The Morgan fingerprint density at radius 2 is 2.06 bits per heavy atom. The largest absolute Gasteiger partial charge is 0.376 e. The number of imidazole rings is 1. The smallest absolute Gasteiger partial charge is 0.320 e. The number of halogens is 2. The van der Waals surface area contributed by atoms with Crippen LogP contribution in [-0.2, 0) is 37.9 Å². The van der Waals surface area contributed by atoms with Crippen LogP contribution in [0.3, 0.4) is 0 Å². The highest BCUT2D eigenvalue weighted by atomic mass is 19.3. The molecular formula is C23H23F2N7O2. The van der Waals surface area contributed by atoms with Gasteiger partial charge in [0, 0.05) is 30.9 Å². The van der Waals surface area contributed by atoms with Crippen LogP contribution in [0.1, 0.15) is 39.7 Å². The monoisotopic (exact) mass is 467 g/mol. The standard InChI is InChI=1S/C23H23F2N7O2/c1-31-18-8-10-34-13-15(18)17(30-31)11-27-21-14(5-4-9-26-21)22(33)28-12-20-29-16-6-2-3-7-19(16)32(20)23(24)25/h2-7,9,23H,8,10-13H2,1H3,(H,26,27)(H,28,33). The molecule has 0 unspecified atom stereocenters. The van der Waals surface area contributed by atoms with E-state index >= 15 is 0 Å². The molecule has 0 bridgehead atoms. The molecule has 4 aromatic rings. The number of nitrogens with one attached hydrogen (secondary N) is 2. The fraction of sp³-hybridized carbons (Fsp3) is 0.304. The number of aromatic nitrogens is 5. The molecule has 1 aliphatic rings. The van der Waals surface area contributed by atoms with Crippen LogP contribution in [0.4, 0.5) is 14.6 Å². The third-order valence-corrected chi connectivity index (χ3v) is 5.83. The Morgan fingerprint density at radius 3 is 2.91 bits per heavy atom. The zero-order chi connectivity index (χ0) is 23.7. The van der Waals surface area contributed by atoms with Crippen LogP contribution < -0.4 is 10.6 Å². The maximum absolute atomic E-state index is 13.7. The first kappa shape index (κ1) is 22.0. The fourth-order valence-electron chi connectivity index (χ4n) is 4.22. The van der Waals surface area contributed by atoms with E-state index in [1.165, 1.54) is 0 Å². The van der Waals surface area contributed by atoms with Crippen LogP contribution in [0.25, 0.3) is 11.0 Å². The number of nitrogens with zero attached hydrogens (tertiary/aromatic N) is 5. The van der Waals surface area contributed by atoms with E-state index < -0.39 is 12.5 Å². The number of anilines is 1. The molecule has 0 saturated heterocycles. The van der Waals surface area contributed by atoms with Gasteiger partial charge in [-0.2, -0.15) is 13.9 Å². The highest BCUT2D eigenvalue weighted by Crippen LogP contribution is 2.24. The number of hydrogen-bond donors (Lipinski definition) is 2. The van der Waals surface area contributed by atoms with Gasteiger partial charge in [0.1, 0.15) is 11.6 Å². The van der Waals surface area contributed by atoms with Gasteiger partial charge in [-0.15, -0.1) is 0 Å². The van der Waals surface area contributed by atoms with Crippen molar-refractivity contribution >= 4 is 22.8 Å². The fourth-order valence-corrected chi connectivity index (χ4v) is 4.22. The SMILES string of the molecule is Cn1nc(CNc2ncccc2C(=O)NCc2nc3ccccc3n2C(F)F)c2c1CCOC2. The molecule has 11 heteroatoms. The summed E-state index contributed by atoms with van der Waals surface area (Å²) in [5.41, 5.74) is 4.08. The van der Waals surface area contributed by atoms with Crippen molar-refractivity contribution in [3.8, 4) is 0 Å². The topological polar surface area (TPSA) is 98.9 Å². The first-order valence-electron chi connectivity index (χ1n) is 10.9. The highest BCUT2D eigenvalue weighted by molar-refractivity contribution is 5.98. The van der Waals surface area contributed by atoms with Crippen LogP contribution >= 0.6 is 0 Å². The maximum atomic E-state index is 13.7. The van der Waals surface area contributed by atoms with Crippen molar-refractivity contribution in [2.75, 3.05) is 11.9 Å². The Hall–Kier alpha value is -3.86. The number of benzene rings is 1. The number of alkyl halides is 2. The summed E-state index contributed by atoms with van der Waals surface area (Å²) < 4.78 is 35.6. The Bertz CT molecular complexity index is 1350. The van der Waals surface area contributed by atoms with E-state index in [2.05, 4.69) is 25.7 Å². The third kappa shape index (κ3) is 4.10. The number of amides is 1. The zero-order valence-corrected chi connectivity index (χ0v) is 18.5. The summed E-state index contributed by atoms with van der Waals surface area (Å²) in [7, 11) is 1.90. The Kier molecular flexibility index (Phi) is 5.93. The van der Waals surface area contributed by atoms with Gasteiger partial charge in [-0.25, -0.2) is 9.97 Å². The van der Waals surface area contributed by atoms with Crippen LogP contribution in [-0.4, -0.2) is 36.8 Å². The van der Waals surface area contributed by atoms with Gasteiger partial charge >= 0.3 is 6.55 Å². The van der Waals surface area contributed by atoms with E-state index in [1.54, 1.807) is 42.6 Å². The number of carbonyl (C=O) groups excluding carboxylic acids is 1. The van der Waals surface area contributed by atoms with E-state index in [0.29, 0.717) is 42.2 Å². The molecule has 0 radical (unpaired) electrons. The molecule has 0 fully saturated rings. The lowest BCUT2D eigenvalue weighted by Gasteiger charge is -2.14. The quantitative estimate of drug-likeness (QED) is 0.433. The molecule has 1 aliphatic heterocycles. The molecule has 0 saturated carbocycles. The number of hydrogen-bond acceptors (Lipinski definition) is 6. The van der Waals surface area contributed by atoms with Crippen molar-refractivity contribution < 1.29 is 18.3 Å². The number of aryl methyl sites for hydroxylation is 1. The van der Waals surface area contributed by atoms with Gasteiger partial charge < -0.3 is 15.4 Å². The molecular weight excluding hydrogens is 444 g/mol. The average molecular weight is 467 g/mol. The minimum atomic E-state index is -2.77. The van der Waals surface area contributed by atoms with Gasteiger partial charge in [0.15, 0.2) is 0 Å². The molecule has 0 spiro atoms. The second-order valence-corrected chi connectivity index (χ2v) is 7.90. The molecule has 3 aromatic heterocycles. The van der Waals surface area contributed by atoms with Crippen LogP contribution in [0.5, 0.6) is 0 Å². The van der Waals surface area contributed by atoms with E-state index in [9.17, 15) is 13.6 Å². The van der Waals surface area contributed by atoms with Crippen molar-refractivity contribution in [2.45, 2.75) is 32.7 Å². The molecule has 1 aromatic carbocycles. The minimum absolute atomic E-state index is 0.0723. The average Bonchev–Trinajstić information content (AvgIpc) is 3.39. The first-order chi connectivity index (χ1) is 16.5. The molecule has 9 nitrogen and oxygen atoms in total. The number of para-hydroxylation sites is 2. The molecule has 4 heterocycles. The zero-order valence-electron chi connectivity index (χ0n) is 18.5. The summed E-state index contributed by atoms with van der Waals surface area (Å²) in [6.45, 7) is -1.39. The van der Waals surface area contributed by atoms with Crippen molar-refractivity contribution in [1.82, 2.24) is 29.6 Å². The number of ether oxygens (including phenoxy) is 1. The summed E-state index contributed by atoms with van der Waals surface area (Å²) in [4.78, 5) is 21.5. The summed E-state index contributed by atoms with van der Waals surface area (Å²) in [6, 6.07) is 9.90. The Balaban J connectivity index is 1.32. The molecule has 176 valence electrons. The summed E-state index contributed by atoms with van der Waals surface area (Å²) in [6.07, 6.45) is 2.38. The van der Waals surface area contributed by atoms with Gasteiger partial charge in [-0.3, -0.25) is 14.0 Å². The van der Waals surface area contributed by atoms with Crippen LogP contribution in [0.15, 0.2) is 42.6 Å².